The van der Waals surface area contributed by atoms with E-state index in [1.165, 1.54) is 14.2 Å². The minimum atomic E-state index is -0.295. The Kier molecular flexibility index (Phi) is 6.45. The Morgan fingerprint density at radius 1 is 0.889 bits per heavy atom. The molecule has 0 unspecified atom stereocenters. The van der Waals surface area contributed by atoms with Crippen molar-refractivity contribution in [3.63, 3.8) is 0 Å². The SMILES string of the molecule is COc1cc(NC(=O)c2nn(-c3ccccc3)c3c2CC/C3=C/c2ccccc2)cc(OC)c1OC. The highest BCUT2D eigenvalue weighted by Crippen LogP contribution is 2.41. The number of aromatic nitrogens is 2. The zero-order valence-electron chi connectivity index (χ0n) is 20.4. The molecule has 1 N–H and O–H groups in total. The lowest BCUT2D eigenvalue weighted by Crippen LogP contribution is -2.15. The molecule has 0 bridgehead atoms. The van der Waals surface area contributed by atoms with Gasteiger partial charge in [0.25, 0.3) is 5.91 Å². The number of fused-ring (bicyclic) bond motifs is 1. The summed E-state index contributed by atoms with van der Waals surface area (Å²) < 4.78 is 18.1. The summed E-state index contributed by atoms with van der Waals surface area (Å²) in [4.78, 5) is 13.5. The van der Waals surface area contributed by atoms with E-state index in [2.05, 4.69) is 23.5 Å². The second kappa shape index (κ2) is 10.00. The van der Waals surface area contributed by atoms with Gasteiger partial charge in [0.1, 0.15) is 0 Å². The number of amides is 1. The van der Waals surface area contributed by atoms with Gasteiger partial charge in [-0.05, 0) is 42.2 Å². The van der Waals surface area contributed by atoms with E-state index in [1.54, 1.807) is 19.2 Å². The quantitative estimate of drug-likeness (QED) is 0.370. The van der Waals surface area contributed by atoms with E-state index < -0.39 is 0 Å². The smallest absolute Gasteiger partial charge is 0.276 e. The third-order valence-electron chi connectivity index (χ3n) is 6.21. The number of nitrogens with one attached hydrogen (secondary N) is 1. The average Bonchev–Trinajstić information content (AvgIpc) is 3.50. The zero-order valence-corrected chi connectivity index (χ0v) is 20.4. The van der Waals surface area contributed by atoms with Crippen molar-refractivity contribution in [2.24, 2.45) is 0 Å². The minimum absolute atomic E-state index is 0.295. The molecule has 1 aliphatic rings. The van der Waals surface area contributed by atoms with Crippen LogP contribution in [0.25, 0.3) is 17.3 Å². The second-order valence-electron chi connectivity index (χ2n) is 8.37. The molecule has 1 aromatic heterocycles. The van der Waals surface area contributed by atoms with Crippen LogP contribution in [0.5, 0.6) is 17.2 Å². The fraction of sp³-hybridized carbons (Fsp3) is 0.172. The van der Waals surface area contributed by atoms with Crippen molar-refractivity contribution in [2.75, 3.05) is 26.6 Å². The Morgan fingerprint density at radius 3 is 2.14 bits per heavy atom. The summed E-state index contributed by atoms with van der Waals surface area (Å²) in [6.45, 7) is 0. The number of hydrogen-bond acceptors (Lipinski definition) is 5. The number of carbonyl (C=O) groups excluding carboxylic acids is 1. The summed E-state index contributed by atoms with van der Waals surface area (Å²) in [7, 11) is 4.62. The molecule has 5 rings (SSSR count). The average molecular weight is 482 g/mol. The Morgan fingerprint density at radius 2 is 1.53 bits per heavy atom. The van der Waals surface area contributed by atoms with Crippen molar-refractivity contribution in [2.45, 2.75) is 12.8 Å². The first kappa shape index (κ1) is 23.2. The van der Waals surface area contributed by atoms with E-state index in [-0.39, 0.29) is 5.91 Å². The molecular weight excluding hydrogens is 454 g/mol. The number of carbonyl (C=O) groups is 1. The van der Waals surface area contributed by atoms with E-state index in [4.69, 9.17) is 19.3 Å². The lowest BCUT2D eigenvalue weighted by molar-refractivity contribution is 0.102. The molecule has 1 amide bonds. The van der Waals surface area contributed by atoms with E-state index in [9.17, 15) is 4.79 Å². The molecule has 1 heterocycles. The summed E-state index contributed by atoms with van der Waals surface area (Å²) in [6.07, 6.45) is 3.74. The van der Waals surface area contributed by atoms with Crippen LogP contribution in [-0.2, 0) is 6.42 Å². The highest BCUT2D eigenvalue weighted by atomic mass is 16.5. The molecular formula is C29H27N3O4. The number of anilines is 1. The van der Waals surface area contributed by atoms with Crippen LogP contribution in [0, 0.1) is 0 Å². The molecule has 182 valence electrons. The van der Waals surface area contributed by atoms with Gasteiger partial charge in [-0.3, -0.25) is 4.79 Å². The first-order chi connectivity index (χ1) is 17.6. The van der Waals surface area contributed by atoms with Gasteiger partial charge in [0, 0.05) is 23.4 Å². The van der Waals surface area contributed by atoms with Gasteiger partial charge >= 0.3 is 0 Å². The number of ether oxygens (including phenoxy) is 3. The standard InChI is InChI=1S/C29H27N3O4/c1-34-24-17-21(18-25(35-2)28(24)36-3)30-29(33)26-23-15-14-20(16-19-10-6-4-7-11-19)27(23)32(31-26)22-12-8-5-9-13-22/h4-13,16-18H,14-15H2,1-3H3,(H,30,33)/b20-16-. The fourth-order valence-corrected chi connectivity index (χ4v) is 4.57. The van der Waals surface area contributed by atoms with Crippen LogP contribution in [0.3, 0.4) is 0 Å². The molecule has 7 heteroatoms. The Hall–Kier alpha value is -4.52. The first-order valence-corrected chi connectivity index (χ1v) is 11.7. The summed E-state index contributed by atoms with van der Waals surface area (Å²) in [5.74, 6) is 1.08. The van der Waals surface area contributed by atoms with Gasteiger partial charge in [-0.25, -0.2) is 4.68 Å². The van der Waals surface area contributed by atoms with E-state index >= 15 is 0 Å². The van der Waals surface area contributed by atoms with E-state index in [0.29, 0.717) is 28.6 Å². The topological polar surface area (TPSA) is 74.6 Å². The number of para-hydroxylation sites is 1. The molecule has 3 aromatic carbocycles. The van der Waals surface area contributed by atoms with Gasteiger partial charge in [0.2, 0.25) is 5.75 Å². The largest absolute Gasteiger partial charge is 0.493 e. The van der Waals surface area contributed by atoms with Gasteiger partial charge < -0.3 is 19.5 Å². The molecule has 0 aliphatic heterocycles. The van der Waals surface area contributed by atoms with Gasteiger partial charge in [-0.1, -0.05) is 48.5 Å². The van der Waals surface area contributed by atoms with Crippen LogP contribution >= 0.6 is 0 Å². The molecule has 1 aliphatic carbocycles. The highest BCUT2D eigenvalue weighted by molar-refractivity contribution is 6.06. The number of methoxy groups -OCH3 is 3. The zero-order chi connectivity index (χ0) is 25.1. The minimum Gasteiger partial charge on any atom is -0.493 e. The summed E-state index contributed by atoms with van der Waals surface area (Å²) in [6, 6.07) is 23.5. The molecule has 0 saturated heterocycles. The predicted molar refractivity (Wildman–Crippen MR) is 140 cm³/mol. The number of hydrogen-bond donors (Lipinski definition) is 1. The molecule has 0 atom stereocenters. The lowest BCUT2D eigenvalue weighted by Gasteiger charge is -2.14. The Labute approximate surface area is 209 Å². The normalized spacial score (nSPS) is 13.4. The van der Waals surface area contributed by atoms with Crippen LogP contribution in [-0.4, -0.2) is 37.0 Å². The molecule has 7 nitrogen and oxygen atoms in total. The summed E-state index contributed by atoms with van der Waals surface area (Å²) in [5, 5.41) is 7.75. The van der Waals surface area contributed by atoms with Crippen molar-refractivity contribution in [3.05, 3.63) is 95.3 Å². The van der Waals surface area contributed by atoms with Crippen LogP contribution < -0.4 is 19.5 Å². The van der Waals surface area contributed by atoms with Crippen molar-refractivity contribution >= 4 is 23.2 Å². The van der Waals surface area contributed by atoms with Gasteiger partial charge in [0.15, 0.2) is 17.2 Å². The Bertz CT molecular complexity index is 1400. The maximum absolute atomic E-state index is 13.5. The number of allylic oxidation sites excluding steroid dienone is 1. The van der Waals surface area contributed by atoms with E-state index in [1.807, 2.05) is 53.2 Å². The van der Waals surface area contributed by atoms with Crippen LogP contribution in [0.15, 0.2) is 72.8 Å². The van der Waals surface area contributed by atoms with Crippen LogP contribution in [0.1, 0.15) is 33.7 Å². The van der Waals surface area contributed by atoms with Crippen molar-refractivity contribution in [1.29, 1.82) is 0 Å². The summed E-state index contributed by atoms with van der Waals surface area (Å²) in [5.41, 5.74) is 6.01. The summed E-state index contributed by atoms with van der Waals surface area (Å²) >= 11 is 0. The third-order valence-corrected chi connectivity index (χ3v) is 6.21. The van der Waals surface area contributed by atoms with Crippen molar-refractivity contribution in [1.82, 2.24) is 9.78 Å². The number of nitrogens with zero attached hydrogens (tertiary/aromatic N) is 2. The fourth-order valence-electron chi connectivity index (χ4n) is 4.57. The van der Waals surface area contributed by atoms with Crippen LogP contribution in [0.2, 0.25) is 0 Å². The van der Waals surface area contributed by atoms with Gasteiger partial charge in [-0.15, -0.1) is 0 Å². The van der Waals surface area contributed by atoms with Crippen LogP contribution in [0.4, 0.5) is 5.69 Å². The highest BCUT2D eigenvalue weighted by Gasteiger charge is 2.30. The molecule has 36 heavy (non-hydrogen) atoms. The lowest BCUT2D eigenvalue weighted by atomic mass is 10.1. The molecule has 0 saturated carbocycles. The molecule has 4 aromatic rings. The molecule has 0 radical (unpaired) electrons. The van der Waals surface area contributed by atoms with Crippen molar-refractivity contribution in [3.8, 4) is 22.9 Å². The second-order valence-corrected chi connectivity index (χ2v) is 8.37. The number of rotatable bonds is 7. The Balaban J connectivity index is 1.56. The molecule has 0 spiro atoms. The van der Waals surface area contributed by atoms with E-state index in [0.717, 1.165) is 40.9 Å². The molecule has 0 fully saturated rings. The maximum atomic E-state index is 13.5. The van der Waals surface area contributed by atoms with Crippen molar-refractivity contribution < 1.29 is 19.0 Å². The maximum Gasteiger partial charge on any atom is 0.276 e. The predicted octanol–water partition coefficient (Wildman–Crippen LogP) is 5.64. The third kappa shape index (κ3) is 4.31. The number of benzene rings is 3. The van der Waals surface area contributed by atoms with Gasteiger partial charge in [-0.2, -0.15) is 5.10 Å². The first-order valence-electron chi connectivity index (χ1n) is 11.7. The van der Waals surface area contributed by atoms with Gasteiger partial charge in [0.05, 0.1) is 32.7 Å². The monoisotopic (exact) mass is 481 g/mol.